The number of carbonyl (C=O) groups is 1. The Labute approximate surface area is 127 Å². The van der Waals surface area contributed by atoms with Gasteiger partial charge in [-0.15, -0.1) is 0 Å². The Hall–Kier alpha value is -1.55. The molecule has 2 heterocycles. The predicted molar refractivity (Wildman–Crippen MR) is 84.1 cm³/mol. The van der Waals surface area contributed by atoms with E-state index in [1.165, 1.54) is 5.57 Å². The fourth-order valence-corrected chi connectivity index (χ4v) is 3.01. The largest absolute Gasteiger partial charge is 0.396 e. The molecule has 1 N–H and O–H groups in total. The summed E-state index contributed by atoms with van der Waals surface area (Å²) >= 11 is 0. The van der Waals surface area contributed by atoms with Gasteiger partial charge in [-0.1, -0.05) is 11.6 Å². The number of aromatic nitrogens is 1. The number of aliphatic hydroxyl groups excluding tert-OH is 1. The number of rotatable bonds is 4. The summed E-state index contributed by atoms with van der Waals surface area (Å²) < 4.78 is 1.85. The first kappa shape index (κ1) is 15.8. The van der Waals surface area contributed by atoms with Gasteiger partial charge in [-0.05, 0) is 45.2 Å². The molecule has 0 radical (unpaired) electrons. The van der Waals surface area contributed by atoms with Gasteiger partial charge in [0.05, 0.1) is 6.61 Å². The molecule has 0 spiro atoms. The summed E-state index contributed by atoms with van der Waals surface area (Å²) in [7, 11) is 1.89. The zero-order valence-corrected chi connectivity index (χ0v) is 13.3. The fraction of sp³-hybridized carbons (Fsp3) is 0.588. The van der Waals surface area contributed by atoms with Crippen LogP contribution in [0.25, 0.3) is 0 Å². The molecule has 1 amide bonds. The summed E-state index contributed by atoms with van der Waals surface area (Å²) in [6.45, 7) is 5.69. The molecule has 1 saturated heterocycles. The molecule has 1 aromatic rings. The van der Waals surface area contributed by atoms with Crippen LogP contribution >= 0.6 is 0 Å². The minimum absolute atomic E-state index is 0.0669. The molecule has 0 bridgehead atoms. The van der Waals surface area contributed by atoms with Gasteiger partial charge in [0.1, 0.15) is 5.69 Å². The third-order valence-electron chi connectivity index (χ3n) is 4.39. The number of likely N-dealkylation sites (tertiary alicyclic amines) is 1. The number of hydrogen-bond donors (Lipinski definition) is 1. The average molecular weight is 290 g/mol. The van der Waals surface area contributed by atoms with Crippen LogP contribution in [0.1, 0.15) is 43.6 Å². The third-order valence-corrected chi connectivity index (χ3v) is 4.39. The molecule has 0 unspecified atom stereocenters. The van der Waals surface area contributed by atoms with E-state index in [4.69, 9.17) is 0 Å². The van der Waals surface area contributed by atoms with Crippen molar-refractivity contribution in [1.82, 2.24) is 9.47 Å². The van der Waals surface area contributed by atoms with Gasteiger partial charge in [-0.2, -0.15) is 0 Å². The molecular formula is C17H26N2O2. The van der Waals surface area contributed by atoms with E-state index < -0.39 is 0 Å². The quantitative estimate of drug-likeness (QED) is 0.866. The molecular weight excluding hydrogens is 264 g/mol. The number of hydrogen-bond acceptors (Lipinski definition) is 2. The number of allylic oxidation sites excluding steroid dienone is 2. The van der Waals surface area contributed by atoms with Crippen molar-refractivity contribution < 1.29 is 9.90 Å². The van der Waals surface area contributed by atoms with Crippen LogP contribution in [0.15, 0.2) is 30.0 Å². The van der Waals surface area contributed by atoms with E-state index in [0.29, 0.717) is 12.2 Å². The number of carbonyl (C=O) groups excluding carboxylic acids is 1. The Balaban J connectivity index is 2.14. The van der Waals surface area contributed by atoms with Gasteiger partial charge in [0.25, 0.3) is 5.91 Å². The average Bonchev–Trinajstić information content (AvgIpc) is 2.91. The van der Waals surface area contributed by atoms with Crippen LogP contribution in [0.3, 0.4) is 0 Å². The molecule has 0 saturated carbocycles. The van der Waals surface area contributed by atoms with Crippen molar-refractivity contribution in [2.24, 2.45) is 12.5 Å². The Morgan fingerprint density at radius 1 is 1.48 bits per heavy atom. The van der Waals surface area contributed by atoms with Gasteiger partial charge in [-0.25, -0.2) is 0 Å². The summed E-state index contributed by atoms with van der Waals surface area (Å²) in [5, 5.41) is 9.87. The zero-order valence-electron chi connectivity index (χ0n) is 13.3. The highest BCUT2D eigenvalue weighted by atomic mass is 16.3. The van der Waals surface area contributed by atoms with E-state index >= 15 is 0 Å². The van der Waals surface area contributed by atoms with Crippen LogP contribution < -0.4 is 0 Å². The van der Waals surface area contributed by atoms with Gasteiger partial charge >= 0.3 is 0 Å². The minimum atomic E-state index is -0.184. The van der Waals surface area contributed by atoms with Gasteiger partial charge in [0, 0.05) is 31.7 Å². The second kappa shape index (κ2) is 6.48. The number of piperidine rings is 1. The Morgan fingerprint density at radius 2 is 2.24 bits per heavy atom. The maximum Gasteiger partial charge on any atom is 0.270 e. The normalized spacial score (nSPS) is 22.2. The first-order chi connectivity index (χ1) is 9.97. The standard InChI is InChI=1S/C17H26N2O2/c1-14(2)7-9-17(13-20)8-5-11-19(12-17)16(21)15-6-4-10-18(15)3/h4,6-7,10,20H,5,8-9,11-13H2,1-3H3/t17-/m0/s1. The number of aryl methyl sites for hydroxylation is 1. The van der Waals surface area contributed by atoms with Gasteiger partial charge in [-0.3, -0.25) is 4.79 Å². The van der Waals surface area contributed by atoms with E-state index in [1.54, 1.807) is 0 Å². The Bertz CT molecular complexity index is 529. The summed E-state index contributed by atoms with van der Waals surface area (Å²) in [4.78, 5) is 14.5. The van der Waals surface area contributed by atoms with E-state index in [1.807, 2.05) is 34.8 Å². The lowest BCUT2D eigenvalue weighted by Gasteiger charge is -2.41. The van der Waals surface area contributed by atoms with Crippen molar-refractivity contribution in [2.75, 3.05) is 19.7 Å². The topological polar surface area (TPSA) is 45.5 Å². The van der Waals surface area contributed by atoms with Crippen molar-refractivity contribution in [3.8, 4) is 0 Å². The summed E-state index contributed by atoms with van der Waals surface area (Å²) in [6.07, 6.45) is 6.83. The highest BCUT2D eigenvalue weighted by molar-refractivity contribution is 5.92. The first-order valence-electron chi connectivity index (χ1n) is 7.62. The second-order valence-corrected chi connectivity index (χ2v) is 6.48. The molecule has 0 aromatic carbocycles. The van der Waals surface area contributed by atoms with Gasteiger partial charge in [0.2, 0.25) is 0 Å². The maximum absolute atomic E-state index is 12.6. The molecule has 4 heteroatoms. The summed E-state index contributed by atoms with van der Waals surface area (Å²) in [5.74, 6) is 0.0669. The second-order valence-electron chi connectivity index (χ2n) is 6.48. The maximum atomic E-state index is 12.6. The molecule has 4 nitrogen and oxygen atoms in total. The smallest absolute Gasteiger partial charge is 0.270 e. The molecule has 0 aliphatic carbocycles. The molecule has 1 aromatic heterocycles. The third kappa shape index (κ3) is 3.56. The van der Waals surface area contributed by atoms with Crippen LogP contribution in [0, 0.1) is 5.41 Å². The SMILES string of the molecule is CC(C)=CC[C@@]1(CO)CCCN(C(=O)c2cccn2C)C1. The van der Waals surface area contributed by atoms with E-state index in [9.17, 15) is 9.90 Å². The highest BCUT2D eigenvalue weighted by Crippen LogP contribution is 2.34. The van der Waals surface area contributed by atoms with Crippen molar-refractivity contribution in [2.45, 2.75) is 33.1 Å². The van der Waals surface area contributed by atoms with Crippen LogP contribution in [-0.4, -0.2) is 40.2 Å². The number of amides is 1. The molecule has 2 rings (SSSR count). The van der Waals surface area contributed by atoms with Crippen LogP contribution in [0.4, 0.5) is 0 Å². The Morgan fingerprint density at radius 3 is 2.81 bits per heavy atom. The lowest BCUT2D eigenvalue weighted by atomic mass is 9.77. The van der Waals surface area contributed by atoms with Crippen LogP contribution in [0.2, 0.25) is 0 Å². The van der Waals surface area contributed by atoms with Crippen LogP contribution in [-0.2, 0) is 7.05 Å². The lowest BCUT2D eigenvalue weighted by Crippen LogP contribution is -2.48. The van der Waals surface area contributed by atoms with E-state index in [2.05, 4.69) is 19.9 Å². The molecule has 116 valence electrons. The number of aliphatic hydroxyl groups is 1. The first-order valence-corrected chi connectivity index (χ1v) is 7.62. The van der Waals surface area contributed by atoms with Crippen LogP contribution in [0.5, 0.6) is 0 Å². The molecule has 1 atom stereocenters. The monoisotopic (exact) mass is 290 g/mol. The van der Waals surface area contributed by atoms with Crippen molar-refractivity contribution in [3.05, 3.63) is 35.7 Å². The Kier molecular flexibility index (Phi) is 4.88. The zero-order chi connectivity index (χ0) is 15.5. The van der Waals surface area contributed by atoms with Gasteiger partial charge in [0.15, 0.2) is 0 Å². The molecule has 21 heavy (non-hydrogen) atoms. The minimum Gasteiger partial charge on any atom is -0.396 e. The molecule has 1 aliphatic rings. The summed E-state index contributed by atoms with van der Waals surface area (Å²) in [6, 6.07) is 3.74. The summed E-state index contributed by atoms with van der Waals surface area (Å²) in [5.41, 5.74) is 1.79. The van der Waals surface area contributed by atoms with Crippen molar-refractivity contribution in [1.29, 1.82) is 0 Å². The fourth-order valence-electron chi connectivity index (χ4n) is 3.01. The number of nitrogens with zero attached hydrogens (tertiary/aromatic N) is 2. The highest BCUT2D eigenvalue weighted by Gasteiger charge is 2.36. The van der Waals surface area contributed by atoms with E-state index in [-0.39, 0.29) is 17.9 Å². The van der Waals surface area contributed by atoms with Gasteiger partial charge < -0.3 is 14.6 Å². The van der Waals surface area contributed by atoms with Crippen molar-refractivity contribution in [3.63, 3.8) is 0 Å². The van der Waals surface area contributed by atoms with Crippen molar-refractivity contribution >= 4 is 5.91 Å². The molecule has 1 fully saturated rings. The lowest BCUT2D eigenvalue weighted by molar-refractivity contribution is 0.0278. The predicted octanol–water partition coefficient (Wildman–Crippen LogP) is 2.60. The molecule has 1 aliphatic heterocycles. The van der Waals surface area contributed by atoms with E-state index in [0.717, 1.165) is 25.8 Å².